The number of nitrogens with one attached hydrogen (secondary N) is 2. The van der Waals surface area contributed by atoms with E-state index in [1.54, 1.807) is 0 Å². The fourth-order valence-electron chi connectivity index (χ4n) is 6.06. The molecule has 180 valence electrons. The van der Waals surface area contributed by atoms with Crippen LogP contribution in [0, 0.1) is 11.8 Å². The number of halogens is 1. The predicted molar refractivity (Wildman–Crippen MR) is 134 cm³/mol. The van der Waals surface area contributed by atoms with Gasteiger partial charge in [-0.1, -0.05) is 12.6 Å². The van der Waals surface area contributed by atoms with E-state index in [9.17, 15) is 4.39 Å². The first-order valence-corrected chi connectivity index (χ1v) is 13.0. The summed E-state index contributed by atoms with van der Waals surface area (Å²) >= 11 is 0. The van der Waals surface area contributed by atoms with Gasteiger partial charge in [0.15, 0.2) is 0 Å². The Morgan fingerprint density at radius 3 is 2.79 bits per heavy atom. The van der Waals surface area contributed by atoms with Crippen LogP contribution in [0.15, 0.2) is 31.0 Å². The second-order valence-electron chi connectivity index (χ2n) is 10.6. The molecule has 1 saturated heterocycles. The SMILES string of the molecule is C=C(NCC1CCC(CN2CC(F)C2)CC1)c1n[nH]c2ccc(-c3cnn4c3CCCC4)cc12. The van der Waals surface area contributed by atoms with Crippen LogP contribution in [0.4, 0.5) is 4.39 Å². The summed E-state index contributed by atoms with van der Waals surface area (Å²) in [6.07, 6.45) is 9.92. The Balaban J connectivity index is 1.09. The molecule has 6 nitrogen and oxygen atoms in total. The van der Waals surface area contributed by atoms with Crippen molar-refractivity contribution in [2.45, 2.75) is 57.7 Å². The molecule has 0 bridgehead atoms. The van der Waals surface area contributed by atoms with Crippen LogP contribution in [0.3, 0.4) is 0 Å². The Labute approximate surface area is 200 Å². The summed E-state index contributed by atoms with van der Waals surface area (Å²) in [5, 5.41) is 17.1. The lowest BCUT2D eigenvalue weighted by Crippen LogP contribution is -2.50. The molecule has 0 spiro atoms. The van der Waals surface area contributed by atoms with Crippen LogP contribution in [0.2, 0.25) is 0 Å². The number of hydrogen-bond donors (Lipinski definition) is 2. The van der Waals surface area contributed by atoms with Crippen molar-refractivity contribution in [3.05, 3.63) is 42.4 Å². The van der Waals surface area contributed by atoms with Gasteiger partial charge in [-0.2, -0.15) is 10.2 Å². The average molecular weight is 463 g/mol. The molecule has 2 aliphatic heterocycles. The largest absolute Gasteiger partial charge is 0.383 e. The normalized spacial score (nSPS) is 23.6. The molecule has 2 aromatic heterocycles. The molecule has 0 amide bonds. The fraction of sp³-hybridized carbons (Fsp3) is 0.556. The van der Waals surface area contributed by atoms with E-state index in [0.29, 0.717) is 19.0 Å². The number of fused-ring (bicyclic) bond motifs is 2. The van der Waals surface area contributed by atoms with Crippen molar-refractivity contribution in [1.82, 2.24) is 30.2 Å². The Bertz CT molecular complexity index is 1170. The van der Waals surface area contributed by atoms with E-state index in [2.05, 4.69) is 55.0 Å². The van der Waals surface area contributed by atoms with Crippen molar-refractivity contribution in [1.29, 1.82) is 0 Å². The van der Waals surface area contributed by atoms with Crippen LogP contribution in [-0.4, -0.2) is 57.2 Å². The highest BCUT2D eigenvalue weighted by atomic mass is 19.1. The first-order valence-electron chi connectivity index (χ1n) is 13.0. The lowest BCUT2D eigenvalue weighted by Gasteiger charge is -2.39. The highest BCUT2D eigenvalue weighted by Gasteiger charge is 2.30. The molecular weight excluding hydrogens is 427 g/mol. The van der Waals surface area contributed by atoms with Gasteiger partial charge in [0.1, 0.15) is 11.9 Å². The molecule has 1 aliphatic carbocycles. The molecule has 4 heterocycles. The second-order valence-corrected chi connectivity index (χ2v) is 10.6. The maximum atomic E-state index is 13.1. The summed E-state index contributed by atoms with van der Waals surface area (Å²) in [4.78, 5) is 2.27. The molecule has 0 unspecified atom stereocenters. The maximum Gasteiger partial charge on any atom is 0.125 e. The molecule has 1 saturated carbocycles. The Morgan fingerprint density at radius 2 is 1.97 bits per heavy atom. The molecule has 7 heteroatoms. The Kier molecular flexibility index (Phi) is 5.89. The topological polar surface area (TPSA) is 61.8 Å². The number of likely N-dealkylation sites (tertiary alicyclic amines) is 1. The van der Waals surface area contributed by atoms with Crippen LogP contribution in [0.25, 0.3) is 27.7 Å². The van der Waals surface area contributed by atoms with E-state index in [4.69, 9.17) is 0 Å². The van der Waals surface area contributed by atoms with Crippen LogP contribution in [0.5, 0.6) is 0 Å². The third-order valence-electron chi connectivity index (χ3n) is 8.14. The summed E-state index contributed by atoms with van der Waals surface area (Å²) in [7, 11) is 0. The maximum absolute atomic E-state index is 13.1. The number of hydrogen-bond acceptors (Lipinski definition) is 4. The summed E-state index contributed by atoms with van der Waals surface area (Å²) in [5.41, 5.74) is 6.61. The monoisotopic (exact) mass is 462 g/mol. The van der Waals surface area contributed by atoms with Gasteiger partial charge < -0.3 is 5.32 Å². The number of aryl methyl sites for hydroxylation is 1. The molecule has 2 fully saturated rings. The van der Waals surface area contributed by atoms with Gasteiger partial charge in [0, 0.05) is 49.4 Å². The lowest BCUT2D eigenvalue weighted by atomic mass is 9.81. The highest BCUT2D eigenvalue weighted by Crippen LogP contribution is 2.33. The van der Waals surface area contributed by atoms with Crippen LogP contribution >= 0.6 is 0 Å². The van der Waals surface area contributed by atoms with E-state index in [1.165, 1.54) is 55.3 Å². The van der Waals surface area contributed by atoms with Gasteiger partial charge in [-0.3, -0.25) is 14.7 Å². The lowest BCUT2D eigenvalue weighted by molar-refractivity contribution is 0.0432. The van der Waals surface area contributed by atoms with Crippen molar-refractivity contribution < 1.29 is 4.39 Å². The number of alkyl halides is 1. The van der Waals surface area contributed by atoms with Crippen molar-refractivity contribution in [2.75, 3.05) is 26.2 Å². The Hall–Kier alpha value is -2.67. The van der Waals surface area contributed by atoms with Gasteiger partial charge in [-0.05, 0) is 74.5 Å². The predicted octanol–water partition coefficient (Wildman–Crippen LogP) is 4.78. The number of aromatic amines is 1. The van der Waals surface area contributed by atoms with Gasteiger partial charge in [-0.25, -0.2) is 4.39 Å². The second kappa shape index (κ2) is 9.17. The zero-order valence-electron chi connectivity index (χ0n) is 19.9. The number of H-pyrrole nitrogens is 1. The van der Waals surface area contributed by atoms with Crippen molar-refractivity contribution >= 4 is 16.6 Å². The summed E-state index contributed by atoms with van der Waals surface area (Å²) in [6, 6.07) is 6.52. The Morgan fingerprint density at radius 1 is 1.15 bits per heavy atom. The van der Waals surface area contributed by atoms with Crippen LogP contribution in [-0.2, 0) is 13.0 Å². The highest BCUT2D eigenvalue weighted by molar-refractivity contribution is 5.92. The van der Waals surface area contributed by atoms with Gasteiger partial charge in [0.2, 0.25) is 0 Å². The standard InChI is InChI=1S/C27H35FN6/c1-18(29-13-19-5-7-20(8-6-19)15-33-16-22(28)17-33)27-23-12-21(9-10-25(23)31-32-27)24-14-30-34-11-3-2-4-26(24)34/h9-10,12,14,19-20,22,29H,1-8,11,13,15-17H2,(H,31,32). The first-order chi connectivity index (χ1) is 16.6. The van der Waals surface area contributed by atoms with Gasteiger partial charge in [0.05, 0.1) is 17.4 Å². The van der Waals surface area contributed by atoms with Gasteiger partial charge >= 0.3 is 0 Å². The zero-order chi connectivity index (χ0) is 23.1. The molecule has 0 radical (unpaired) electrons. The minimum Gasteiger partial charge on any atom is -0.383 e. The number of aromatic nitrogens is 4. The van der Waals surface area contributed by atoms with Crippen LogP contribution in [0.1, 0.15) is 49.9 Å². The van der Waals surface area contributed by atoms with Crippen molar-refractivity contribution in [3.63, 3.8) is 0 Å². The smallest absolute Gasteiger partial charge is 0.125 e. The van der Waals surface area contributed by atoms with E-state index < -0.39 is 6.17 Å². The summed E-state index contributed by atoms with van der Waals surface area (Å²) in [6.45, 7) is 8.65. The molecule has 2 N–H and O–H groups in total. The molecular formula is C27H35FN6. The third kappa shape index (κ3) is 4.26. The molecule has 1 aromatic carbocycles. The quantitative estimate of drug-likeness (QED) is 0.530. The molecule has 3 aliphatic rings. The van der Waals surface area contributed by atoms with Crippen molar-refractivity contribution in [3.8, 4) is 11.1 Å². The molecule has 0 atom stereocenters. The number of nitrogens with zero attached hydrogens (tertiary/aromatic N) is 4. The van der Waals surface area contributed by atoms with Gasteiger partial charge in [0.25, 0.3) is 0 Å². The summed E-state index contributed by atoms with van der Waals surface area (Å²) in [5.74, 6) is 1.40. The van der Waals surface area contributed by atoms with E-state index in [0.717, 1.165) is 54.3 Å². The minimum absolute atomic E-state index is 0.591. The first kappa shape index (κ1) is 21.8. The summed E-state index contributed by atoms with van der Waals surface area (Å²) < 4.78 is 15.2. The fourth-order valence-corrected chi connectivity index (χ4v) is 6.06. The minimum atomic E-state index is -0.591. The van der Waals surface area contributed by atoms with Crippen LogP contribution < -0.4 is 5.32 Å². The van der Waals surface area contributed by atoms with Gasteiger partial charge in [-0.15, -0.1) is 0 Å². The van der Waals surface area contributed by atoms with E-state index in [-0.39, 0.29) is 0 Å². The van der Waals surface area contributed by atoms with E-state index >= 15 is 0 Å². The van der Waals surface area contributed by atoms with Crippen molar-refractivity contribution in [2.24, 2.45) is 11.8 Å². The molecule has 6 rings (SSSR count). The van der Waals surface area contributed by atoms with E-state index in [1.807, 2.05) is 6.20 Å². The molecule has 34 heavy (non-hydrogen) atoms. The zero-order valence-corrected chi connectivity index (χ0v) is 19.9. The molecule has 3 aromatic rings. The number of rotatable bonds is 7. The average Bonchev–Trinajstić information content (AvgIpc) is 3.46. The number of benzene rings is 1. The third-order valence-corrected chi connectivity index (χ3v) is 8.14.